The van der Waals surface area contributed by atoms with Crippen molar-refractivity contribution in [3.8, 4) is 0 Å². The van der Waals surface area contributed by atoms with E-state index in [2.05, 4.69) is 11.9 Å². The number of fused-ring (bicyclic) bond motifs is 2. The summed E-state index contributed by atoms with van der Waals surface area (Å²) < 4.78 is 11.1. The molecule has 0 bridgehead atoms. The van der Waals surface area contributed by atoms with Gasteiger partial charge in [-0.05, 0) is 60.2 Å². The molecule has 1 atom stereocenters. The van der Waals surface area contributed by atoms with Crippen molar-refractivity contribution in [1.82, 2.24) is 5.32 Å². The molecule has 43 heavy (non-hydrogen) atoms. The standard InChI is InChI=1S/C35H25NO7/c1-2-31(39)36-33(22-10-4-3-5-11-22)32(27(37)18-16-23-20-42-29-14-8-6-12-25(29)34(23)40)28(38)19-17-24-21-43-30-15-9-7-13-26(30)35(24)41/h2-21,32-33H,1H2,(H,36,39)/b18-16+,19-17+. The molecule has 0 saturated carbocycles. The van der Waals surface area contributed by atoms with Crippen LogP contribution in [0.25, 0.3) is 34.1 Å². The second-order valence-electron chi connectivity index (χ2n) is 9.58. The highest BCUT2D eigenvalue weighted by Gasteiger charge is 2.34. The number of ketones is 2. The van der Waals surface area contributed by atoms with Gasteiger partial charge in [-0.3, -0.25) is 24.0 Å². The highest BCUT2D eigenvalue weighted by Crippen LogP contribution is 2.26. The SMILES string of the molecule is C=CC(=O)NC(c1ccccc1)C(C(=O)/C=C/c1coc2ccccc2c1=O)C(=O)/C=C/c1coc2ccccc2c1=O. The molecule has 0 saturated heterocycles. The first-order chi connectivity index (χ1) is 20.9. The number of carbonyl (C=O) groups excluding carboxylic acids is 3. The predicted octanol–water partition coefficient (Wildman–Crippen LogP) is 5.42. The van der Waals surface area contributed by atoms with Crippen LogP contribution in [0.4, 0.5) is 0 Å². The Labute approximate surface area is 245 Å². The maximum atomic E-state index is 13.7. The van der Waals surface area contributed by atoms with Gasteiger partial charge in [-0.2, -0.15) is 0 Å². The number of hydrogen-bond donors (Lipinski definition) is 1. The van der Waals surface area contributed by atoms with Gasteiger partial charge in [0.2, 0.25) is 5.91 Å². The molecule has 5 aromatic rings. The van der Waals surface area contributed by atoms with Crippen molar-refractivity contribution >= 4 is 51.6 Å². The molecule has 212 valence electrons. The molecule has 0 aliphatic carbocycles. The second-order valence-corrected chi connectivity index (χ2v) is 9.58. The minimum absolute atomic E-state index is 0.106. The fourth-order valence-corrected chi connectivity index (χ4v) is 4.67. The molecule has 1 unspecified atom stereocenters. The van der Waals surface area contributed by atoms with E-state index in [4.69, 9.17) is 8.83 Å². The maximum absolute atomic E-state index is 13.7. The predicted molar refractivity (Wildman–Crippen MR) is 164 cm³/mol. The van der Waals surface area contributed by atoms with Crippen LogP contribution in [0.5, 0.6) is 0 Å². The van der Waals surface area contributed by atoms with E-state index in [1.165, 1.54) is 24.7 Å². The van der Waals surface area contributed by atoms with Gasteiger partial charge in [0, 0.05) is 0 Å². The van der Waals surface area contributed by atoms with Crippen molar-refractivity contribution in [3.63, 3.8) is 0 Å². The van der Waals surface area contributed by atoms with Gasteiger partial charge in [0.1, 0.15) is 29.6 Å². The van der Waals surface area contributed by atoms with E-state index in [1.54, 1.807) is 78.9 Å². The molecule has 2 aromatic heterocycles. The smallest absolute Gasteiger partial charge is 0.243 e. The lowest BCUT2D eigenvalue weighted by Crippen LogP contribution is -2.39. The molecule has 8 nitrogen and oxygen atoms in total. The summed E-state index contributed by atoms with van der Waals surface area (Å²) in [4.78, 5) is 65.8. The Morgan fingerprint density at radius 2 is 1.14 bits per heavy atom. The van der Waals surface area contributed by atoms with Gasteiger partial charge in [0.05, 0.1) is 27.9 Å². The molecular formula is C35H25NO7. The highest BCUT2D eigenvalue weighted by molar-refractivity contribution is 6.14. The lowest BCUT2D eigenvalue weighted by atomic mass is 9.85. The largest absolute Gasteiger partial charge is 0.463 e. The number of para-hydroxylation sites is 2. The molecule has 0 radical (unpaired) electrons. The van der Waals surface area contributed by atoms with Gasteiger partial charge in [0.25, 0.3) is 0 Å². The molecule has 0 spiro atoms. The van der Waals surface area contributed by atoms with Crippen molar-refractivity contribution in [2.45, 2.75) is 6.04 Å². The fourth-order valence-electron chi connectivity index (χ4n) is 4.67. The molecule has 0 aliphatic heterocycles. The minimum Gasteiger partial charge on any atom is -0.463 e. The molecule has 0 aliphatic rings. The van der Waals surface area contributed by atoms with Crippen LogP contribution in [0.15, 0.2) is 135 Å². The van der Waals surface area contributed by atoms with Crippen LogP contribution in [0.1, 0.15) is 22.7 Å². The maximum Gasteiger partial charge on any atom is 0.243 e. The van der Waals surface area contributed by atoms with Gasteiger partial charge in [-0.25, -0.2) is 0 Å². The summed E-state index contributed by atoms with van der Waals surface area (Å²) in [5, 5.41) is 3.36. The van der Waals surface area contributed by atoms with Crippen LogP contribution in [0.3, 0.4) is 0 Å². The molecule has 1 N–H and O–H groups in total. The summed E-state index contributed by atoms with van der Waals surface area (Å²) in [6.45, 7) is 3.48. The second kappa shape index (κ2) is 12.7. The number of hydrogen-bond acceptors (Lipinski definition) is 7. The van der Waals surface area contributed by atoms with Crippen LogP contribution in [0, 0.1) is 5.92 Å². The first-order valence-electron chi connectivity index (χ1n) is 13.3. The molecule has 0 fully saturated rings. The van der Waals surface area contributed by atoms with Crippen LogP contribution >= 0.6 is 0 Å². The zero-order valence-corrected chi connectivity index (χ0v) is 22.8. The van der Waals surface area contributed by atoms with Gasteiger partial charge < -0.3 is 14.2 Å². The van der Waals surface area contributed by atoms with Crippen molar-refractivity contribution in [2.75, 3.05) is 0 Å². The number of rotatable bonds is 10. The zero-order valence-electron chi connectivity index (χ0n) is 22.8. The number of nitrogens with one attached hydrogen (secondary N) is 1. The first kappa shape index (κ1) is 28.6. The molecular weight excluding hydrogens is 546 g/mol. The average molecular weight is 572 g/mol. The Kier molecular flexibility index (Phi) is 8.48. The molecule has 1 amide bonds. The summed E-state index contributed by atoms with van der Waals surface area (Å²) >= 11 is 0. The number of amides is 1. The van der Waals surface area contributed by atoms with Crippen LogP contribution in [0.2, 0.25) is 0 Å². The Morgan fingerprint density at radius 3 is 1.63 bits per heavy atom. The molecule has 8 heteroatoms. The third-order valence-electron chi connectivity index (χ3n) is 6.86. The van der Waals surface area contributed by atoms with Gasteiger partial charge in [0.15, 0.2) is 22.4 Å². The van der Waals surface area contributed by atoms with Crippen LogP contribution in [-0.4, -0.2) is 17.5 Å². The van der Waals surface area contributed by atoms with Crippen LogP contribution in [-0.2, 0) is 14.4 Å². The number of allylic oxidation sites excluding steroid dienone is 2. The fraction of sp³-hybridized carbons (Fsp3) is 0.0571. The van der Waals surface area contributed by atoms with Gasteiger partial charge >= 0.3 is 0 Å². The highest BCUT2D eigenvalue weighted by atomic mass is 16.3. The Bertz CT molecular complexity index is 1920. The third-order valence-corrected chi connectivity index (χ3v) is 6.86. The van der Waals surface area contributed by atoms with Crippen molar-refractivity contribution in [1.29, 1.82) is 0 Å². The van der Waals surface area contributed by atoms with Crippen molar-refractivity contribution in [2.24, 2.45) is 5.92 Å². The van der Waals surface area contributed by atoms with E-state index in [0.717, 1.165) is 18.2 Å². The van der Waals surface area contributed by atoms with E-state index in [9.17, 15) is 24.0 Å². The summed E-state index contributed by atoms with van der Waals surface area (Å²) in [5.41, 5.74) is 0.782. The lowest BCUT2D eigenvalue weighted by Gasteiger charge is -2.25. The number of benzene rings is 3. The summed E-state index contributed by atoms with van der Waals surface area (Å²) in [6.07, 6.45) is 8.28. The normalized spacial score (nSPS) is 12.2. The van der Waals surface area contributed by atoms with E-state index in [1.807, 2.05) is 0 Å². The number of carbonyl (C=O) groups is 3. The van der Waals surface area contributed by atoms with Gasteiger partial charge in [-0.1, -0.05) is 61.2 Å². The summed E-state index contributed by atoms with van der Waals surface area (Å²) in [7, 11) is 0. The topological polar surface area (TPSA) is 124 Å². The van der Waals surface area contributed by atoms with Crippen LogP contribution < -0.4 is 16.2 Å². The van der Waals surface area contributed by atoms with E-state index in [-0.39, 0.29) is 22.0 Å². The van der Waals surface area contributed by atoms with Crippen molar-refractivity contribution < 1.29 is 23.2 Å². The average Bonchev–Trinajstić information content (AvgIpc) is 3.04. The van der Waals surface area contributed by atoms with Gasteiger partial charge in [-0.15, -0.1) is 0 Å². The molecule has 5 rings (SSSR count). The Balaban J connectivity index is 1.55. The van der Waals surface area contributed by atoms with E-state index >= 15 is 0 Å². The monoisotopic (exact) mass is 571 g/mol. The quantitative estimate of drug-likeness (QED) is 0.175. The zero-order chi connectivity index (χ0) is 30.3. The first-order valence-corrected chi connectivity index (χ1v) is 13.3. The van der Waals surface area contributed by atoms with Crippen molar-refractivity contribution in [3.05, 3.63) is 153 Å². The van der Waals surface area contributed by atoms with E-state index in [0.29, 0.717) is 27.5 Å². The minimum atomic E-state index is -1.46. The Morgan fingerprint density at radius 1 is 0.674 bits per heavy atom. The summed E-state index contributed by atoms with van der Waals surface area (Å²) in [6, 6.07) is 20.8. The molecule has 3 aromatic carbocycles. The summed E-state index contributed by atoms with van der Waals surface area (Å²) in [5.74, 6) is -3.44. The third kappa shape index (κ3) is 6.23. The Hall–Kier alpha value is -5.89. The lowest BCUT2D eigenvalue weighted by molar-refractivity contribution is -0.129. The van der Waals surface area contributed by atoms with E-state index < -0.39 is 29.4 Å². The molecule has 2 heterocycles.